The van der Waals surface area contributed by atoms with Crippen molar-refractivity contribution < 1.29 is 9.59 Å². The highest BCUT2D eigenvalue weighted by Gasteiger charge is 2.01. The topological polar surface area (TPSA) is 60.2 Å². The van der Waals surface area contributed by atoms with Crippen molar-refractivity contribution >= 4 is 23.5 Å². The first-order chi connectivity index (χ1) is 6.13. The van der Waals surface area contributed by atoms with Crippen molar-refractivity contribution in [3.05, 3.63) is 21.4 Å². The average molecular weight is 193 g/mol. The molecule has 0 aliphatic rings. The van der Waals surface area contributed by atoms with E-state index in [9.17, 15) is 9.59 Å². The lowest BCUT2D eigenvalue weighted by Gasteiger charge is -1.81. The third-order valence-corrected chi connectivity index (χ3v) is 2.43. The first-order valence-electron chi connectivity index (χ1n) is 3.50. The van der Waals surface area contributed by atoms with E-state index in [-0.39, 0.29) is 0 Å². The summed E-state index contributed by atoms with van der Waals surface area (Å²) in [6.45, 7) is 1.83. The number of primary amides is 1. The van der Waals surface area contributed by atoms with Crippen molar-refractivity contribution in [3.8, 4) is 11.8 Å². The molecule has 1 rings (SSSR count). The quantitative estimate of drug-likeness (QED) is 0.527. The second-order valence-electron chi connectivity index (χ2n) is 2.39. The van der Waals surface area contributed by atoms with Crippen LogP contribution in [-0.2, 0) is 4.79 Å². The van der Waals surface area contributed by atoms with Crippen LogP contribution < -0.4 is 5.73 Å². The molecule has 0 aliphatic carbocycles. The summed E-state index contributed by atoms with van der Waals surface area (Å²) in [6.07, 6.45) is 0.757. The molecule has 0 bridgehead atoms. The van der Waals surface area contributed by atoms with Crippen molar-refractivity contribution in [2.45, 2.75) is 6.92 Å². The standard InChI is InChI=1S/C9H7NO2S/c1-6-4-7(5-11)13-8(6)2-3-9(10)12/h4-5H,1H3,(H2,10,12). The van der Waals surface area contributed by atoms with Crippen LogP contribution in [0.4, 0.5) is 0 Å². The van der Waals surface area contributed by atoms with Crippen LogP contribution in [0.1, 0.15) is 20.1 Å². The van der Waals surface area contributed by atoms with Gasteiger partial charge < -0.3 is 5.73 Å². The minimum absolute atomic E-state index is 0.603. The van der Waals surface area contributed by atoms with Gasteiger partial charge in [0.05, 0.1) is 9.75 Å². The van der Waals surface area contributed by atoms with Gasteiger partial charge in [-0.2, -0.15) is 0 Å². The van der Waals surface area contributed by atoms with Crippen LogP contribution in [0.5, 0.6) is 0 Å². The monoisotopic (exact) mass is 193 g/mol. The Bertz CT molecular complexity index is 409. The summed E-state index contributed by atoms with van der Waals surface area (Å²) < 4.78 is 0. The fraction of sp³-hybridized carbons (Fsp3) is 0.111. The molecule has 1 aromatic heterocycles. The van der Waals surface area contributed by atoms with Gasteiger partial charge in [-0.05, 0) is 24.5 Å². The van der Waals surface area contributed by atoms with Gasteiger partial charge in [0.25, 0.3) is 5.91 Å². The Kier molecular flexibility index (Phi) is 2.83. The summed E-state index contributed by atoms with van der Waals surface area (Å²) in [5, 5.41) is 0. The number of rotatable bonds is 1. The van der Waals surface area contributed by atoms with Crippen molar-refractivity contribution in [1.29, 1.82) is 0 Å². The molecule has 0 saturated heterocycles. The van der Waals surface area contributed by atoms with E-state index in [1.165, 1.54) is 11.3 Å². The van der Waals surface area contributed by atoms with Gasteiger partial charge in [0, 0.05) is 5.92 Å². The first-order valence-corrected chi connectivity index (χ1v) is 4.32. The highest BCUT2D eigenvalue weighted by molar-refractivity contribution is 7.14. The van der Waals surface area contributed by atoms with E-state index in [2.05, 4.69) is 11.8 Å². The molecular formula is C9H7NO2S. The molecule has 4 heteroatoms. The predicted molar refractivity (Wildman–Crippen MR) is 50.5 cm³/mol. The SMILES string of the molecule is Cc1cc(C=O)sc1C#CC(N)=O. The van der Waals surface area contributed by atoms with Gasteiger partial charge in [-0.1, -0.05) is 0 Å². The summed E-state index contributed by atoms with van der Waals surface area (Å²) in [5.74, 6) is 4.16. The summed E-state index contributed by atoms with van der Waals surface area (Å²) in [7, 11) is 0. The van der Waals surface area contributed by atoms with E-state index in [1.807, 2.05) is 6.92 Å². The molecule has 0 aromatic carbocycles. The van der Waals surface area contributed by atoms with Gasteiger partial charge in [-0.25, -0.2) is 0 Å². The Morgan fingerprint density at radius 3 is 2.85 bits per heavy atom. The molecule has 0 fully saturated rings. The maximum Gasteiger partial charge on any atom is 0.293 e. The zero-order valence-corrected chi connectivity index (χ0v) is 7.77. The number of carbonyl (C=O) groups is 2. The van der Waals surface area contributed by atoms with Gasteiger partial charge in [0.1, 0.15) is 0 Å². The van der Waals surface area contributed by atoms with Gasteiger partial charge in [0.2, 0.25) is 0 Å². The Morgan fingerprint density at radius 1 is 1.69 bits per heavy atom. The lowest BCUT2D eigenvalue weighted by Crippen LogP contribution is -2.06. The lowest BCUT2D eigenvalue weighted by atomic mass is 10.3. The number of aryl methyl sites for hydroxylation is 1. The number of hydrogen-bond donors (Lipinski definition) is 1. The molecule has 0 aliphatic heterocycles. The molecular weight excluding hydrogens is 186 g/mol. The Labute approximate surface area is 79.6 Å². The molecule has 13 heavy (non-hydrogen) atoms. The number of carbonyl (C=O) groups excluding carboxylic acids is 2. The molecule has 3 nitrogen and oxygen atoms in total. The van der Waals surface area contributed by atoms with Crippen molar-refractivity contribution in [2.75, 3.05) is 0 Å². The third kappa shape index (κ3) is 2.42. The summed E-state index contributed by atoms with van der Waals surface area (Å²) in [4.78, 5) is 22.0. The molecule has 66 valence electrons. The summed E-state index contributed by atoms with van der Waals surface area (Å²) >= 11 is 1.25. The van der Waals surface area contributed by atoms with Crippen LogP contribution in [0, 0.1) is 18.8 Å². The van der Waals surface area contributed by atoms with E-state index in [0.717, 1.165) is 11.8 Å². The van der Waals surface area contributed by atoms with Gasteiger partial charge in [-0.3, -0.25) is 9.59 Å². The number of hydrogen-bond acceptors (Lipinski definition) is 3. The highest BCUT2D eigenvalue weighted by Crippen LogP contribution is 2.18. The highest BCUT2D eigenvalue weighted by atomic mass is 32.1. The average Bonchev–Trinajstić information content (AvgIpc) is 2.43. The van der Waals surface area contributed by atoms with E-state index in [1.54, 1.807) is 6.07 Å². The number of aldehydes is 1. The van der Waals surface area contributed by atoms with Crippen LogP contribution in [0.15, 0.2) is 6.07 Å². The second kappa shape index (κ2) is 3.87. The van der Waals surface area contributed by atoms with Gasteiger partial charge in [-0.15, -0.1) is 11.3 Å². The largest absolute Gasteiger partial charge is 0.359 e. The van der Waals surface area contributed by atoms with Crippen LogP contribution in [0.2, 0.25) is 0 Å². The molecule has 0 radical (unpaired) electrons. The lowest BCUT2D eigenvalue weighted by molar-refractivity contribution is -0.112. The molecule has 0 spiro atoms. The molecule has 1 amide bonds. The normalized spacial score (nSPS) is 8.69. The zero-order valence-electron chi connectivity index (χ0n) is 6.96. The Morgan fingerprint density at radius 2 is 2.38 bits per heavy atom. The molecule has 0 unspecified atom stereocenters. The molecule has 1 heterocycles. The molecule has 1 aromatic rings. The first kappa shape index (κ1) is 9.49. The summed E-state index contributed by atoms with van der Waals surface area (Å²) in [5.41, 5.74) is 5.74. The van der Waals surface area contributed by atoms with Crippen molar-refractivity contribution in [3.63, 3.8) is 0 Å². The minimum Gasteiger partial charge on any atom is -0.359 e. The van der Waals surface area contributed by atoms with E-state index < -0.39 is 5.91 Å². The smallest absolute Gasteiger partial charge is 0.293 e. The van der Waals surface area contributed by atoms with Crippen LogP contribution >= 0.6 is 11.3 Å². The van der Waals surface area contributed by atoms with Crippen LogP contribution in [0.25, 0.3) is 0 Å². The van der Waals surface area contributed by atoms with Gasteiger partial charge in [0.15, 0.2) is 6.29 Å². The van der Waals surface area contributed by atoms with Crippen molar-refractivity contribution in [2.24, 2.45) is 5.73 Å². The molecule has 0 saturated carbocycles. The number of nitrogens with two attached hydrogens (primary N) is 1. The fourth-order valence-electron chi connectivity index (χ4n) is 0.807. The maximum absolute atomic E-state index is 10.4. The third-order valence-electron chi connectivity index (χ3n) is 1.35. The Hall–Kier alpha value is -1.60. The zero-order chi connectivity index (χ0) is 9.84. The van der Waals surface area contributed by atoms with Gasteiger partial charge >= 0.3 is 0 Å². The fourth-order valence-corrected chi connectivity index (χ4v) is 1.65. The van der Waals surface area contributed by atoms with Crippen molar-refractivity contribution in [1.82, 2.24) is 0 Å². The number of thiophene rings is 1. The van der Waals surface area contributed by atoms with Crippen LogP contribution in [0.3, 0.4) is 0 Å². The van der Waals surface area contributed by atoms with E-state index >= 15 is 0 Å². The second-order valence-corrected chi connectivity index (χ2v) is 3.48. The minimum atomic E-state index is -0.666. The maximum atomic E-state index is 10.4. The molecule has 0 atom stereocenters. The van der Waals surface area contributed by atoms with E-state index in [0.29, 0.717) is 9.75 Å². The Balaban J connectivity index is 3.03. The molecule has 2 N–H and O–H groups in total. The van der Waals surface area contributed by atoms with Crippen LogP contribution in [-0.4, -0.2) is 12.2 Å². The number of amides is 1. The summed E-state index contributed by atoms with van der Waals surface area (Å²) in [6, 6.07) is 1.72. The van der Waals surface area contributed by atoms with E-state index in [4.69, 9.17) is 5.73 Å². The predicted octanol–water partition coefficient (Wildman–Crippen LogP) is 0.706.